The van der Waals surface area contributed by atoms with Crippen LogP contribution >= 0.6 is 8.58 Å². The van der Waals surface area contributed by atoms with Crippen LogP contribution in [0.5, 0.6) is 0 Å². The molecule has 0 fully saturated rings. The molecule has 0 aliphatic carbocycles. The summed E-state index contributed by atoms with van der Waals surface area (Å²) in [4.78, 5) is 0. The van der Waals surface area contributed by atoms with E-state index < -0.39 is 0 Å². The van der Waals surface area contributed by atoms with E-state index in [1.54, 1.807) is 0 Å². The van der Waals surface area contributed by atoms with Crippen LogP contribution in [0.3, 0.4) is 0 Å². The SMILES string of the molecule is CCC(PC)(C(C)C)C(C)C. The molecule has 0 aromatic carbocycles. The third kappa shape index (κ3) is 2.18. The zero-order valence-electron chi connectivity index (χ0n) is 8.86. The van der Waals surface area contributed by atoms with Gasteiger partial charge in [-0.25, -0.2) is 0 Å². The molecule has 0 rings (SSSR count). The molecule has 0 nitrogen and oxygen atoms in total. The minimum atomic E-state index is 0.611. The average molecular weight is 174 g/mol. The Labute approximate surface area is 73.9 Å². The molecule has 0 spiro atoms. The molecule has 1 heteroatoms. The third-order valence-corrected chi connectivity index (χ3v) is 5.55. The van der Waals surface area contributed by atoms with E-state index in [1.165, 1.54) is 6.42 Å². The second-order valence-corrected chi connectivity index (χ2v) is 5.38. The van der Waals surface area contributed by atoms with Gasteiger partial charge in [-0.3, -0.25) is 0 Å². The van der Waals surface area contributed by atoms with Gasteiger partial charge in [0.1, 0.15) is 0 Å². The van der Waals surface area contributed by atoms with E-state index in [0.29, 0.717) is 5.16 Å². The summed E-state index contributed by atoms with van der Waals surface area (Å²) in [5, 5.41) is 0.611. The summed E-state index contributed by atoms with van der Waals surface area (Å²) < 4.78 is 0. The molecule has 0 amide bonds. The van der Waals surface area contributed by atoms with Crippen molar-refractivity contribution in [3.05, 3.63) is 0 Å². The van der Waals surface area contributed by atoms with Crippen molar-refractivity contribution in [2.75, 3.05) is 6.66 Å². The normalized spacial score (nSPS) is 14.2. The van der Waals surface area contributed by atoms with Crippen LogP contribution in [0.25, 0.3) is 0 Å². The first kappa shape index (κ1) is 11.4. The molecule has 0 saturated heterocycles. The minimum absolute atomic E-state index is 0.611. The minimum Gasteiger partial charge on any atom is -0.118 e. The van der Waals surface area contributed by atoms with Crippen LogP contribution in [-0.4, -0.2) is 11.8 Å². The largest absolute Gasteiger partial charge is 0.118 e. The highest BCUT2D eigenvalue weighted by atomic mass is 31.1. The van der Waals surface area contributed by atoms with Gasteiger partial charge in [-0.05, 0) is 30.1 Å². The molecule has 0 heterocycles. The van der Waals surface area contributed by atoms with E-state index in [1.807, 2.05) is 0 Å². The van der Waals surface area contributed by atoms with Crippen LogP contribution in [0.15, 0.2) is 0 Å². The molecule has 0 aliphatic rings. The quantitative estimate of drug-likeness (QED) is 0.569. The summed E-state index contributed by atoms with van der Waals surface area (Å²) in [5.41, 5.74) is 0. The molecular weight excluding hydrogens is 151 g/mol. The van der Waals surface area contributed by atoms with E-state index in [4.69, 9.17) is 0 Å². The maximum Gasteiger partial charge on any atom is -0.00810 e. The Balaban J connectivity index is 4.46. The fourth-order valence-corrected chi connectivity index (χ4v) is 3.75. The van der Waals surface area contributed by atoms with Crippen LogP contribution in [0, 0.1) is 11.8 Å². The van der Waals surface area contributed by atoms with Crippen molar-refractivity contribution >= 4 is 8.58 Å². The Morgan fingerprint density at radius 1 is 1.09 bits per heavy atom. The summed E-state index contributed by atoms with van der Waals surface area (Å²) in [6, 6.07) is 0. The second kappa shape index (κ2) is 4.45. The Hall–Kier alpha value is 0.430. The molecule has 1 unspecified atom stereocenters. The molecular formula is C10H23P. The van der Waals surface area contributed by atoms with Crippen molar-refractivity contribution in [3.63, 3.8) is 0 Å². The number of rotatable bonds is 4. The van der Waals surface area contributed by atoms with E-state index in [0.717, 1.165) is 20.4 Å². The van der Waals surface area contributed by atoms with Crippen LogP contribution < -0.4 is 0 Å². The summed E-state index contributed by atoms with van der Waals surface area (Å²) >= 11 is 0. The first-order valence-corrected chi connectivity index (χ1v) is 6.20. The first-order valence-electron chi connectivity index (χ1n) is 4.70. The number of hydrogen-bond acceptors (Lipinski definition) is 0. The summed E-state index contributed by atoms with van der Waals surface area (Å²) in [7, 11) is 1.08. The predicted molar refractivity (Wildman–Crippen MR) is 56.9 cm³/mol. The maximum atomic E-state index is 2.36. The van der Waals surface area contributed by atoms with Gasteiger partial charge in [-0.1, -0.05) is 34.6 Å². The van der Waals surface area contributed by atoms with Crippen molar-refractivity contribution < 1.29 is 0 Å². The van der Waals surface area contributed by atoms with E-state index in [2.05, 4.69) is 41.3 Å². The highest BCUT2D eigenvalue weighted by molar-refractivity contribution is 7.39. The van der Waals surface area contributed by atoms with Gasteiger partial charge in [0.05, 0.1) is 0 Å². The standard InChI is InChI=1S/C10H23P/c1-7-10(11-6,8(2)3)9(4)5/h8-9,11H,7H2,1-6H3. The Morgan fingerprint density at radius 2 is 1.45 bits per heavy atom. The third-order valence-electron chi connectivity index (χ3n) is 3.11. The summed E-state index contributed by atoms with van der Waals surface area (Å²) in [6.45, 7) is 14.1. The highest BCUT2D eigenvalue weighted by Gasteiger charge is 2.32. The fourth-order valence-electron chi connectivity index (χ4n) is 2.24. The van der Waals surface area contributed by atoms with Crippen molar-refractivity contribution in [1.29, 1.82) is 0 Å². The maximum absolute atomic E-state index is 2.36. The molecule has 68 valence electrons. The van der Waals surface area contributed by atoms with Gasteiger partial charge in [-0.15, -0.1) is 8.58 Å². The van der Waals surface area contributed by atoms with E-state index in [9.17, 15) is 0 Å². The topological polar surface area (TPSA) is 0 Å². The summed E-state index contributed by atoms with van der Waals surface area (Å²) in [6.07, 6.45) is 1.33. The number of hydrogen-bond donors (Lipinski definition) is 0. The first-order chi connectivity index (χ1) is 5.01. The van der Waals surface area contributed by atoms with Gasteiger partial charge >= 0.3 is 0 Å². The zero-order chi connectivity index (χ0) is 9.07. The molecule has 1 atom stereocenters. The van der Waals surface area contributed by atoms with E-state index in [-0.39, 0.29) is 0 Å². The smallest absolute Gasteiger partial charge is 0.00810 e. The van der Waals surface area contributed by atoms with Crippen LogP contribution in [-0.2, 0) is 0 Å². The van der Waals surface area contributed by atoms with Crippen molar-refractivity contribution in [2.24, 2.45) is 11.8 Å². The lowest BCUT2D eigenvalue weighted by molar-refractivity contribution is 0.321. The van der Waals surface area contributed by atoms with Crippen molar-refractivity contribution in [1.82, 2.24) is 0 Å². The monoisotopic (exact) mass is 174 g/mol. The second-order valence-electron chi connectivity index (χ2n) is 3.95. The van der Waals surface area contributed by atoms with Crippen molar-refractivity contribution in [3.8, 4) is 0 Å². The predicted octanol–water partition coefficient (Wildman–Crippen LogP) is 3.76. The average Bonchev–Trinajstić information content (AvgIpc) is 1.90. The van der Waals surface area contributed by atoms with Crippen LogP contribution in [0.2, 0.25) is 0 Å². The molecule has 0 N–H and O–H groups in total. The Morgan fingerprint density at radius 3 is 1.45 bits per heavy atom. The van der Waals surface area contributed by atoms with Crippen molar-refractivity contribution in [2.45, 2.75) is 46.2 Å². The van der Waals surface area contributed by atoms with Gasteiger partial charge in [0.2, 0.25) is 0 Å². The van der Waals surface area contributed by atoms with Gasteiger partial charge < -0.3 is 0 Å². The lowest BCUT2D eigenvalue weighted by Crippen LogP contribution is -2.34. The Bertz CT molecular complexity index is 91.4. The van der Waals surface area contributed by atoms with Gasteiger partial charge in [0, 0.05) is 0 Å². The Kier molecular flexibility index (Phi) is 4.63. The molecule has 0 bridgehead atoms. The molecule has 0 aromatic rings. The highest BCUT2D eigenvalue weighted by Crippen LogP contribution is 2.45. The zero-order valence-corrected chi connectivity index (χ0v) is 9.86. The molecule has 0 aliphatic heterocycles. The fraction of sp³-hybridized carbons (Fsp3) is 1.00. The van der Waals surface area contributed by atoms with Gasteiger partial charge in [-0.2, -0.15) is 0 Å². The van der Waals surface area contributed by atoms with Gasteiger partial charge in [0.15, 0.2) is 0 Å². The molecule has 0 saturated carbocycles. The summed E-state index contributed by atoms with van der Waals surface area (Å²) in [5.74, 6) is 1.66. The van der Waals surface area contributed by atoms with Crippen LogP contribution in [0.4, 0.5) is 0 Å². The lowest BCUT2D eigenvalue weighted by Gasteiger charge is -2.40. The molecule has 0 radical (unpaired) electrons. The van der Waals surface area contributed by atoms with Crippen LogP contribution in [0.1, 0.15) is 41.0 Å². The van der Waals surface area contributed by atoms with E-state index >= 15 is 0 Å². The lowest BCUT2D eigenvalue weighted by atomic mass is 9.82. The van der Waals surface area contributed by atoms with Gasteiger partial charge in [0.25, 0.3) is 0 Å². The molecule has 11 heavy (non-hydrogen) atoms. The molecule has 0 aromatic heterocycles.